The van der Waals surface area contributed by atoms with Crippen molar-refractivity contribution in [3.8, 4) is 0 Å². The van der Waals surface area contributed by atoms with E-state index in [1.165, 1.54) is 22.3 Å². The molecule has 0 spiro atoms. The predicted octanol–water partition coefficient (Wildman–Crippen LogP) is 3.83. The first-order valence-corrected chi connectivity index (χ1v) is 8.79. The minimum absolute atomic E-state index is 0.558. The van der Waals surface area contributed by atoms with Gasteiger partial charge in [0.25, 0.3) is 0 Å². The molecule has 7 heteroatoms. The van der Waals surface area contributed by atoms with Crippen molar-refractivity contribution >= 4 is 34.2 Å². The number of carbonyl (C=O) groups is 2. The van der Waals surface area contributed by atoms with E-state index < -0.39 is 11.9 Å². The van der Waals surface area contributed by atoms with Crippen LogP contribution in [0.5, 0.6) is 0 Å². The van der Waals surface area contributed by atoms with Crippen molar-refractivity contribution in [2.45, 2.75) is 13.3 Å². The largest absolute Gasteiger partial charge is 0.478 e. The Morgan fingerprint density at radius 3 is 2.25 bits per heavy atom. The van der Waals surface area contributed by atoms with E-state index >= 15 is 0 Å². The van der Waals surface area contributed by atoms with Crippen LogP contribution < -0.4 is 4.90 Å². The van der Waals surface area contributed by atoms with Crippen LogP contribution in [0.3, 0.4) is 0 Å². The molecule has 3 rings (SSSR count). The first kappa shape index (κ1) is 20.7. The van der Waals surface area contributed by atoms with Crippen LogP contribution in [-0.4, -0.2) is 38.2 Å². The van der Waals surface area contributed by atoms with Gasteiger partial charge >= 0.3 is 11.9 Å². The normalized spacial score (nSPS) is 10.5. The maximum Gasteiger partial charge on any atom is 0.328 e. The number of anilines is 2. The fraction of sp³-hybridized carbons (Fsp3) is 0.190. The van der Waals surface area contributed by atoms with Gasteiger partial charge in [0.2, 0.25) is 0 Å². The van der Waals surface area contributed by atoms with Gasteiger partial charge in [-0.2, -0.15) is 0 Å². The molecular weight excluding hydrogens is 358 g/mol. The molecule has 0 aliphatic heterocycles. The number of benzene rings is 1. The summed E-state index contributed by atoms with van der Waals surface area (Å²) in [5.41, 5.74) is 3.69. The van der Waals surface area contributed by atoms with Gasteiger partial charge in [0.1, 0.15) is 0 Å². The van der Waals surface area contributed by atoms with Gasteiger partial charge < -0.3 is 19.7 Å². The second-order valence-electron chi connectivity index (χ2n) is 6.04. The van der Waals surface area contributed by atoms with Gasteiger partial charge in [-0.1, -0.05) is 6.92 Å². The van der Waals surface area contributed by atoms with Crippen LogP contribution in [0.2, 0.25) is 0 Å². The molecule has 0 saturated carbocycles. The van der Waals surface area contributed by atoms with Gasteiger partial charge in [-0.25, -0.2) is 9.59 Å². The van der Waals surface area contributed by atoms with Gasteiger partial charge in [-0.3, -0.25) is 4.98 Å². The lowest BCUT2D eigenvalue weighted by molar-refractivity contribution is -0.134. The van der Waals surface area contributed by atoms with Crippen molar-refractivity contribution in [2.75, 3.05) is 11.4 Å². The number of carboxylic acids is 2. The first-order valence-electron chi connectivity index (χ1n) is 8.79. The number of hydrogen-bond donors (Lipinski definition) is 2. The van der Waals surface area contributed by atoms with Gasteiger partial charge in [0.05, 0.1) is 0 Å². The SMILES string of the molecule is CCCN(c1ccncc1)c1ccc2c(ccn2C)c1.O=C(O)/C=C\C(=O)O. The lowest BCUT2D eigenvalue weighted by Crippen LogP contribution is -2.17. The molecule has 0 amide bonds. The summed E-state index contributed by atoms with van der Waals surface area (Å²) in [6.07, 6.45) is 8.02. The zero-order valence-electron chi connectivity index (χ0n) is 15.8. The van der Waals surface area contributed by atoms with Crippen molar-refractivity contribution in [3.63, 3.8) is 0 Å². The van der Waals surface area contributed by atoms with Crippen LogP contribution in [0.25, 0.3) is 10.9 Å². The van der Waals surface area contributed by atoms with Gasteiger partial charge in [0, 0.05) is 66.6 Å². The molecule has 0 atom stereocenters. The van der Waals surface area contributed by atoms with E-state index in [1.54, 1.807) is 0 Å². The van der Waals surface area contributed by atoms with E-state index in [2.05, 4.69) is 71.0 Å². The number of aryl methyl sites for hydroxylation is 1. The summed E-state index contributed by atoms with van der Waals surface area (Å²) < 4.78 is 2.15. The second kappa shape index (κ2) is 9.91. The Bertz CT molecular complexity index is 948. The van der Waals surface area contributed by atoms with Crippen molar-refractivity contribution < 1.29 is 19.8 Å². The Hall–Kier alpha value is -3.61. The highest BCUT2D eigenvalue weighted by atomic mass is 16.4. The summed E-state index contributed by atoms with van der Waals surface area (Å²) >= 11 is 0. The second-order valence-corrected chi connectivity index (χ2v) is 6.04. The van der Waals surface area contributed by atoms with Crippen molar-refractivity contribution in [1.82, 2.24) is 9.55 Å². The minimum Gasteiger partial charge on any atom is -0.478 e. The molecule has 2 heterocycles. The fourth-order valence-electron chi connectivity index (χ4n) is 2.73. The highest BCUT2D eigenvalue weighted by Gasteiger charge is 2.09. The van der Waals surface area contributed by atoms with Gasteiger partial charge in [-0.05, 0) is 42.8 Å². The average molecular weight is 381 g/mol. The van der Waals surface area contributed by atoms with Gasteiger partial charge in [0.15, 0.2) is 0 Å². The predicted molar refractivity (Wildman–Crippen MR) is 109 cm³/mol. The van der Waals surface area contributed by atoms with E-state index in [0.717, 1.165) is 13.0 Å². The first-order chi connectivity index (χ1) is 13.4. The standard InChI is InChI=1S/C17H19N3.C4H4O4/c1-3-11-20(15-6-9-18-10-7-15)16-4-5-17-14(13-16)8-12-19(17)2;5-3(6)1-2-4(7)8/h4-10,12-13H,3,11H2,1-2H3;1-2H,(H,5,6)(H,7,8)/b;2-1-. The van der Waals surface area contributed by atoms with E-state index in [4.69, 9.17) is 10.2 Å². The van der Waals surface area contributed by atoms with Crippen molar-refractivity contribution in [1.29, 1.82) is 0 Å². The number of fused-ring (bicyclic) bond motifs is 1. The van der Waals surface area contributed by atoms with E-state index in [-0.39, 0.29) is 0 Å². The maximum absolute atomic E-state index is 9.55. The smallest absolute Gasteiger partial charge is 0.328 e. The number of hydrogen-bond acceptors (Lipinski definition) is 4. The Balaban J connectivity index is 0.000000300. The van der Waals surface area contributed by atoms with Crippen molar-refractivity contribution in [2.24, 2.45) is 7.05 Å². The third-order valence-corrected chi connectivity index (χ3v) is 3.97. The third kappa shape index (κ3) is 5.70. The van der Waals surface area contributed by atoms with Crippen molar-refractivity contribution in [3.05, 3.63) is 67.1 Å². The number of nitrogens with zero attached hydrogens (tertiary/aromatic N) is 3. The third-order valence-electron chi connectivity index (χ3n) is 3.97. The van der Waals surface area contributed by atoms with E-state index in [9.17, 15) is 9.59 Å². The topological polar surface area (TPSA) is 95.7 Å². The molecule has 1 aromatic carbocycles. The van der Waals surface area contributed by atoms with Crippen LogP contribution in [0.1, 0.15) is 13.3 Å². The number of pyridine rings is 1. The molecule has 0 aliphatic carbocycles. The molecule has 0 radical (unpaired) electrons. The Kier molecular flexibility index (Phi) is 7.33. The molecular formula is C21H23N3O4. The quantitative estimate of drug-likeness (QED) is 0.630. The molecule has 28 heavy (non-hydrogen) atoms. The summed E-state index contributed by atoms with van der Waals surface area (Å²) in [5.74, 6) is -2.51. The van der Waals surface area contributed by atoms with Gasteiger partial charge in [-0.15, -0.1) is 0 Å². The van der Waals surface area contributed by atoms with Crippen LogP contribution in [0.15, 0.2) is 67.1 Å². The summed E-state index contributed by atoms with van der Waals surface area (Å²) in [6.45, 7) is 3.21. The average Bonchev–Trinajstić information content (AvgIpc) is 3.06. The van der Waals surface area contributed by atoms with Crippen LogP contribution in [0, 0.1) is 0 Å². The molecule has 3 aromatic rings. The fourth-order valence-corrected chi connectivity index (χ4v) is 2.73. The lowest BCUT2D eigenvalue weighted by atomic mass is 10.2. The molecule has 2 aromatic heterocycles. The molecule has 2 N–H and O–H groups in total. The highest BCUT2D eigenvalue weighted by Crippen LogP contribution is 2.28. The molecule has 0 unspecified atom stereocenters. The Morgan fingerprint density at radius 1 is 1.04 bits per heavy atom. The van der Waals surface area contributed by atoms with E-state index in [1.807, 2.05) is 12.4 Å². The maximum atomic E-state index is 9.55. The molecule has 0 bridgehead atoms. The molecule has 0 aliphatic rings. The summed E-state index contributed by atoms with van der Waals surface area (Å²) in [5, 5.41) is 16.9. The minimum atomic E-state index is -1.26. The monoisotopic (exact) mass is 381 g/mol. The lowest BCUT2D eigenvalue weighted by Gasteiger charge is -2.24. The highest BCUT2D eigenvalue weighted by molar-refractivity contribution is 5.89. The number of aliphatic carboxylic acids is 2. The summed E-state index contributed by atoms with van der Waals surface area (Å²) in [6, 6.07) is 12.9. The Morgan fingerprint density at radius 2 is 1.68 bits per heavy atom. The molecule has 0 saturated heterocycles. The number of aromatic nitrogens is 2. The zero-order chi connectivity index (χ0) is 20.5. The zero-order valence-corrected chi connectivity index (χ0v) is 15.8. The Labute approximate surface area is 163 Å². The van der Waals surface area contributed by atoms with Crippen LogP contribution >= 0.6 is 0 Å². The summed E-state index contributed by atoms with van der Waals surface area (Å²) in [7, 11) is 2.08. The molecule has 146 valence electrons. The molecule has 0 fully saturated rings. The summed E-state index contributed by atoms with van der Waals surface area (Å²) in [4.78, 5) is 25.6. The molecule has 7 nitrogen and oxygen atoms in total. The number of carboxylic acid groups (broad SMARTS) is 2. The number of rotatable bonds is 6. The van der Waals surface area contributed by atoms with Crippen LogP contribution in [-0.2, 0) is 16.6 Å². The van der Waals surface area contributed by atoms with E-state index in [0.29, 0.717) is 12.2 Å². The van der Waals surface area contributed by atoms with Crippen LogP contribution in [0.4, 0.5) is 11.4 Å².